The second-order valence-electron chi connectivity index (χ2n) is 6.39. The standard InChI is InChI=1S/C19H21ClN2O2S/c1-3-16(23)22-19-17(12-9-8-11(2)10-15(12)25-19)18(24)21-14-7-5-4-6-13(14)20/h4-7,11H,3,8-10H2,1-2H3,(H,21,24)(H,22,23). The van der Waals surface area contributed by atoms with Gasteiger partial charge in [-0.2, -0.15) is 0 Å². The van der Waals surface area contributed by atoms with Gasteiger partial charge in [0.2, 0.25) is 5.91 Å². The maximum absolute atomic E-state index is 13.0. The second-order valence-corrected chi connectivity index (χ2v) is 7.90. The molecule has 132 valence electrons. The number of thiophene rings is 1. The number of rotatable bonds is 4. The van der Waals surface area contributed by atoms with Crippen LogP contribution in [0, 0.1) is 5.92 Å². The first kappa shape index (κ1) is 18.0. The zero-order valence-electron chi connectivity index (χ0n) is 14.3. The average molecular weight is 377 g/mol. The third-order valence-electron chi connectivity index (χ3n) is 4.43. The molecule has 0 saturated carbocycles. The lowest BCUT2D eigenvalue weighted by atomic mass is 9.88. The van der Waals surface area contributed by atoms with Crippen molar-refractivity contribution in [2.75, 3.05) is 10.6 Å². The van der Waals surface area contributed by atoms with Gasteiger partial charge in [0.05, 0.1) is 16.3 Å². The van der Waals surface area contributed by atoms with Crippen LogP contribution in [0.4, 0.5) is 10.7 Å². The van der Waals surface area contributed by atoms with E-state index in [2.05, 4.69) is 17.6 Å². The molecule has 0 saturated heterocycles. The predicted octanol–water partition coefficient (Wildman–Crippen LogP) is 5.13. The molecule has 0 fully saturated rings. The first-order chi connectivity index (χ1) is 12.0. The summed E-state index contributed by atoms with van der Waals surface area (Å²) in [4.78, 5) is 26.0. The minimum Gasteiger partial charge on any atom is -0.321 e. The third kappa shape index (κ3) is 3.88. The van der Waals surface area contributed by atoms with Crippen LogP contribution >= 0.6 is 22.9 Å². The van der Waals surface area contributed by atoms with Crippen LogP contribution in [0.2, 0.25) is 5.02 Å². The van der Waals surface area contributed by atoms with Gasteiger partial charge in [-0.25, -0.2) is 0 Å². The van der Waals surface area contributed by atoms with Crippen LogP contribution in [0.15, 0.2) is 24.3 Å². The first-order valence-electron chi connectivity index (χ1n) is 8.49. The lowest BCUT2D eigenvalue weighted by Gasteiger charge is -2.18. The molecule has 0 bridgehead atoms. The Morgan fingerprint density at radius 2 is 2.04 bits per heavy atom. The van der Waals surface area contributed by atoms with Crippen molar-refractivity contribution in [2.45, 2.75) is 39.5 Å². The molecular weight excluding hydrogens is 356 g/mol. The van der Waals surface area contributed by atoms with E-state index in [1.165, 1.54) is 16.2 Å². The lowest BCUT2D eigenvalue weighted by molar-refractivity contribution is -0.115. The molecule has 1 aromatic carbocycles. The quantitative estimate of drug-likeness (QED) is 0.777. The molecule has 1 aromatic heterocycles. The average Bonchev–Trinajstić information content (AvgIpc) is 2.93. The number of carbonyl (C=O) groups is 2. The summed E-state index contributed by atoms with van der Waals surface area (Å²) in [5.74, 6) is 0.297. The van der Waals surface area contributed by atoms with E-state index in [9.17, 15) is 9.59 Å². The van der Waals surface area contributed by atoms with Gasteiger partial charge in [0.25, 0.3) is 5.91 Å². The number of para-hydroxylation sites is 1. The number of carbonyl (C=O) groups excluding carboxylic acids is 2. The van der Waals surface area contributed by atoms with Crippen LogP contribution in [-0.4, -0.2) is 11.8 Å². The molecule has 6 heteroatoms. The smallest absolute Gasteiger partial charge is 0.258 e. The van der Waals surface area contributed by atoms with Crippen LogP contribution in [0.3, 0.4) is 0 Å². The number of fused-ring (bicyclic) bond motifs is 1. The van der Waals surface area contributed by atoms with E-state index in [0.717, 1.165) is 24.8 Å². The number of nitrogens with one attached hydrogen (secondary N) is 2. The van der Waals surface area contributed by atoms with Crippen LogP contribution in [-0.2, 0) is 17.6 Å². The minimum absolute atomic E-state index is 0.0848. The van der Waals surface area contributed by atoms with Crippen molar-refractivity contribution in [3.05, 3.63) is 45.3 Å². The fourth-order valence-corrected chi connectivity index (χ4v) is 4.65. The molecule has 2 amide bonds. The van der Waals surface area contributed by atoms with E-state index in [1.807, 2.05) is 12.1 Å². The summed E-state index contributed by atoms with van der Waals surface area (Å²) >= 11 is 7.68. The topological polar surface area (TPSA) is 58.2 Å². The summed E-state index contributed by atoms with van der Waals surface area (Å²) in [5.41, 5.74) is 2.23. The summed E-state index contributed by atoms with van der Waals surface area (Å²) < 4.78 is 0. The fraction of sp³-hybridized carbons (Fsp3) is 0.368. The summed E-state index contributed by atoms with van der Waals surface area (Å²) in [6, 6.07) is 7.15. The molecule has 1 unspecified atom stereocenters. The van der Waals surface area contributed by atoms with Crippen molar-refractivity contribution in [3.63, 3.8) is 0 Å². The Bertz CT molecular complexity index is 816. The number of benzene rings is 1. The maximum atomic E-state index is 13.0. The first-order valence-corrected chi connectivity index (χ1v) is 9.69. The van der Waals surface area contributed by atoms with Gasteiger partial charge in [-0.1, -0.05) is 37.6 Å². The van der Waals surface area contributed by atoms with Crippen molar-refractivity contribution in [3.8, 4) is 0 Å². The van der Waals surface area contributed by atoms with Crippen LogP contribution in [0.5, 0.6) is 0 Å². The maximum Gasteiger partial charge on any atom is 0.258 e. The summed E-state index contributed by atoms with van der Waals surface area (Å²) in [7, 11) is 0. The highest BCUT2D eigenvalue weighted by atomic mass is 35.5. The summed E-state index contributed by atoms with van der Waals surface area (Å²) in [6.07, 6.45) is 3.25. The number of anilines is 2. The molecule has 0 spiro atoms. The zero-order valence-corrected chi connectivity index (χ0v) is 15.9. The van der Waals surface area contributed by atoms with Gasteiger partial charge in [-0.05, 0) is 42.9 Å². The molecule has 4 nitrogen and oxygen atoms in total. The molecule has 0 radical (unpaired) electrons. The second kappa shape index (κ2) is 7.58. The summed E-state index contributed by atoms with van der Waals surface area (Å²) in [5, 5.41) is 6.93. The Labute approximate surface area is 156 Å². The molecule has 3 rings (SSSR count). The number of amides is 2. The Kier molecular flexibility index (Phi) is 5.45. The molecular formula is C19H21ClN2O2S. The SMILES string of the molecule is CCC(=O)Nc1sc2c(c1C(=O)Nc1ccccc1Cl)CCC(C)C2. The number of halogens is 1. The largest absolute Gasteiger partial charge is 0.321 e. The van der Waals surface area contributed by atoms with E-state index in [0.29, 0.717) is 33.6 Å². The highest BCUT2D eigenvalue weighted by Crippen LogP contribution is 2.40. The number of hydrogen-bond donors (Lipinski definition) is 2. The van der Waals surface area contributed by atoms with Gasteiger partial charge in [0.1, 0.15) is 5.00 Å². The van der Waals surface area contributed by atoms with Gasteiger partial charge in [-0.3, -0.25) is 9.59 Å². The van der Waals surface area contributed by atoms with Crippen molar-refractivity contribution in [2.24, 2.45) is 5.92 Å². The Balaban J connectivity index is 1.96. The molecule has 1 aliphatic rings. The van der Waals surface area contributed by atoms with Crippen LogP contribution in [0.1, 0.15) is 47.5 Å². The van der Waals surface area contributed by atoms with Crippen molar-refractivity contribution in [1.29, 1.82) is 0 Å². The highest BCUT2D eigenvalue weighted by Gasteiger charge is 2.28. The van der Waals surface area contributed by atoms with E-state index >= 15 is 0 Å². The Hall–Kier alpha value is -1.85. The molecule has 1 aliphatic carbocycles. The van der Waals surface area contributed by atoms with Gasteiger partial charge in [0, 0.05) is 11.3 Å². The van der Waals surface area contributed by atoms with Gasteiger partial charge in [-0.15, -0.1) is 11.3 Å². The van der Waals surface area contributed by atoms with Crippen molar-refractivity contribution >= 4 is 45.4 Å². The normalized spacial score (nSPS) is 16.2. The van der Waals surface area contributed by atoms with Gasteiger partial charge < -0.3 is 10.6 Å². The van der Waals surface area contributed by atoms with E-state index in [1.54, 1.807) is 19.1 Å². The lowest BCUT2D eigenvalue weighted by Crippen LogP contribution is -2.19. The Morgan fingerprint density at radius 3 is 2.76 bits per heavy atom. The molecule has 1 heterocycles. The van der Waals surface area contributed by atoms with Crippen LogP contribution in [0.25, 0.3) is 0 Å². The van der Waals surface area contributed by atoms with Gasteiger partial charge in [0.15, 0.2) is 0 Å². The molecule has 2 aromatic rings. The minimum atomic E-state index is -0.216. The van der Waals surface area contributed by atoms with Gasteiger partial charge >= 0.3 is 0 Å². The predicted molar refractivity (Wildman–Crippen MR) is 104 cm³/mol. The molecule has 0 aliphatic heterocycles. The third-order valence-corrected chi connectivity index (χ3v) is 5.93. The molecule has 2 N–H and O–H groups in total. The Morgan fingerprint density at radius 1 is 1.28 bits per heavy atom. The van der Waals surface area contributed by atoms with E-state index < -0.39 is 0 Å². The zero-order chi connectivity index (χ0) is 18.0. The fourth-order valence-electron chi connectivity index (χ4n) is 3.04. The number of hydrogen-bond acceptors (Lipinski definition) is 3. The molecule has 1 atom stereocenters. The van der Waals surface area contributed by atoms with Crippen molar-refractivity contribution < 1.29 is 9.59 Å². The molecule has 25 heavy (non-hydrogen) atoms. The van der Waals surface area contributed by atoms with E-state index in [-0.39, 0.29) is 11.8 Å². The summed E-state index contributed by atoms with van der Waals surface area (Å²) in [6.45, 7) is 4.02. The van der Waals surface area contributed by atoms with E-state index in [4.69, 9.17) is 11.6 Å². The van der Waals surface area contributed by atoms with Crippen molar-refractivity contribution in [1.82, 2.24) is 0 Å². The highest BCUT2D eigenvalue weighted by molar-refractivity contribution is 7.17. The van der Waals surface area contributed by atoms with Crippen LogP contribution < -0.4 is 10.6 Å². The monoisotopic (exact) mass is 376 g/mol.